The normalized spacial score (nSPS) is 13.9. The number of carbonyl (C=O) groups excluding carboxylic acids is 1. The molecule has 0 fully saturated rings. The molecule has 23 heavy (non-hydrogen) atoms. The minimum Gasteiger partial charge on any atom is -0.441 e. The largest absolute Gasteiger partial charge is 0.441 e. The van der Waals surface area contributed by atoms with E-state index < -0.39 is 11.6 Å². The maximum absolute atomic E-state index is 13.7. The van der Waals surface area contributed by atoms with Gasteiger partial charge in [0, 0.05) is 24.7 Å². The van der Waals surface area contributed by atoms with Crippen LogP contribution in [0.5, 0.6) is 0 Å². The number of aliphatic imine (C=N–C) groups is 1. The molecule has 0 saturated carbocycles. The van der Waals surface area contributed by atoms with Crippen LogP contribution in [-0.4, -0.2) is 28.4 Å². The first-order chi connectivity index (χ1) is 11.1. The molecule has 0 saturated heterocycles. The van der Waals surface area contributed by atoms with Crippen molar-refractivity contribution in [3.05, 3.63) is 41.9 Å². The van der Waals surface area contributed by atoms with E-state index in [0.29, 0.717) is 17.6 Å². The van der Waals surface area contributed by atoms with E-state index in [-0.39, 0.29) is 30.1 Å². The van der Waals surface area contributed by atoms with E-state index in [1.54, 1.807) is 0 Å². The van der Waals surface area contributed by atoms with E-state index in [4.69, 9.17) is 4.42 Å². The van der Waals surface area contributed by atoms with Crippen LogP contribution in [0.15, 0.2) is 33.8 Å². The van der Waals surface area contributed by atoms with Gasteiger partial charge < -0.3 is 9.73 Å². The fraction of sp³-hybridized carbons (Fsp3) is 0.267. The van der Waals surface area contributed by atoms with Crippen molar-refractivity contribution in [1.82, 2.24) is 10.3 Å². The first kappa shape index (κ1) is 15.7. The number of amides is 1. The van der Waals surface area contributed by atoms with Gasteiger partial charge >= 0.3 is 0 Å². The fourth-order valence-corrected chi connectivity index (χ4v) is 2.80. The van der Waals surface area contributed by atoms with Gasteiger partial charge in [-0.1, -0.05) is 11.8 Å². The molecule has 3 rings (SSSR count). The number of nitrogens with zero attached hydrogens (tertiary/aromatic N) is 2. The maximum Gasteiger partial charge on any atom is 0.226 e. The zero-order chi connectivity index (χ0) is 16.2. The van der Waals surface area contributed by atoms with Crippen LogP contribution in [0.25, 0.3) is 11.3 Å². The molecule has 5 nitrogen and oxygen atoms in total. The molecule has 2 heterocycles. The SMILES string of the molecule is O=C(CCc1ncc(-c2ccc(F)cc2F)o1)NC1=NCCS1. The molecule has 120 valence electrons. The Balaban J connectivity index is 1.59. The Hall–Kier alpha value is -2.22. The third kappa shape index (κ3) is 3.95. The van der Waals surface area contributed by atoms with Gasteiger partial charge in [-0.05, 0) is 12.1 Å². The highest BCUT2D eigenvalue weighted by atomic mass is 32.2. The topological polar surface area (TPSA) is 67.5 Å². The van der Waals surface area contributed by atoms with Crippen molar-refractivity contribution in [2.45, 2.75) is 12.8 Å². The lowest BCUT2D eigenvalue weighted by atomic mass is 10.2. The molecule has 8 heteroatoms. The average molecular weight is 337 g/mol. The Labute approximate surface area is 135 Å². The Bertz CT molecular complexity index is 761. The summed E-state index contributed by atoms with van der Waals surface area (Å²) in [5.41, 5.74) is 0.131. The number of thioether (sulfide) groups is 1. The smallest absolute Gasteiger partial charge is 0.226 e. The molecule has 2 aromatic rings. The van der Waals surface area contributed by atoms with Crippen LogP contribution in [0.3, 0.4) is 0 Å². The molecule has 1 aliphatic heterocycles. The number of benzene rings is 1. The number of amidine groups is 1. The first-order valence-electron chi connectivity index (χ1n) is 6.99. The molecule has 0 aliphatic carbocycles. The highest BCUT2D eigenvalue weighted by molar-refractivity contribution is 8.14. The van der Waals surface area contributed by atoms with Crippen molar-refractivity contribution in [1.29, 1.82) is 0 Å². The molecule has 1 aromatic carbocycles. The van der Waals surface area contributed by atoms with Gasteiger partial charge in [0.25, 0.3) is 0 Å². The first-order valence-corrected chi connectivity index (χ1v) is 7.97. The number of halogens is 2. The summed E-state index contributed by atoms with van der Waals surface area (Å²) >= 11 is 1.50. The van der Waals surface area contributed by atoms with Crippen molar-refractivity contribution in [2.24, 2.45) is 4.99 Å². The van der Waals surface area contributed by atoms with Gasteiger partial charge in [-0.25, -0.2) is 13.8 Å². The summed E-state index contributed by atoms with van der Waals surface area (Å²) in [4.78, 5) is 19.9. The Kier molecular flexibility index (Phi) is 4.71. The number of oxazole rings is 1. The van der Waals surface area contributed by atoms with Gasteiger partial charge in [0.1, 0.15) is 11.6 Å². The molecular weight excluding hydrogens is 324 g/mol. The quantitative estimate of drug-likeness (QED) is 0.931. The standard InChI is InChI=1S/C15H13F2N3O2S/c16-9-1-2-10(11(17)7-9)12-8-19-14(22-12)4-3-13(21)20-15-18-5-6-23-15/h1-2,7-8H,3-6H2,(H,18,20,21). The molecular formula is C15H13F2N3O2S. The fourth-order valence-electron chi connectivity index (χ4n) is 2.05. The Morgan fingerprint density at radius 3 is 3.00 bits per heavy atom. The number of carbonyl (C=O) groups is 1. The predicted molar refractivity (Wildman–Crippen MR) is 83.1 cm³/mol. The maximum atomic E-state index is 13.7. The second kappa shape index (κ2) is 6.91. The lowest BCUT2D eigenvalue weighted by molar-refractivity contribution is -0.119. The second-order valence-corrected chi connectivity index (χ2v) is 5.91. The van der Waals surface area contributed by atoms with Crippen molar-refractivity contribution in [3.63, 3.8) is 0 Å². The Morgan fingerprint density at radius 2 is 2.26 bits per heavy atom. The van der Waals surface area contributed by atoms with Gasteiger partial charge in [-0.15, -0.1) is 0 Å². The minimum absolute atomic E-state index is 0.131. The van der Waals surface area contributed by atoms with Crippen molar-refractivity contribution in [3.8, 4) is 11.3 Å². The van der Waals surface area contributed by atoms with Crippen LogP contribution in [0.2, 0.25) is 0 Å². The number of nitrogens with one attached hydrogen (secondary N) is 1. The number of aromatic nitrogens is 1. The van der Waals surface area contributed by atoms with E-state index in [2.05, 4.69) is 15.3 Å². The zero-order valence-electron chi connectivity index (χ0n) is 12.0. The summed E-state index contributed by atoms with van der Waals surface area (Å²) in [5.74, 6) is -0.154. The summed E-state index contributed by atoms with van der Waals surface area (Å²) in [6.07, 6.45) is 1.83. The molecule has 0 atom stereocenters. The van der Waals surface area contributed by atoms with Crippen molar-refractivity contribution in [2.75, 3.05) is 12.3 Å². The van der Waals surface area contributed by atoms with Gasteiger partial charge in [0.05, 0.1) is 18.3 Å². The minimum atomic E-state index is -0.721. The highest BCUT2D eigenvalue weighted by Crippen LogP contribution is 2.24. The van der Waals surface area contributed by atoms with Crippen molar-refractivity contribution >= 4 is 22.8 Å². The van der Waals surface area contributed by atoms with Crippen molar-refractivity contribution < 1.29 is 18.0 Å². The molecule has 1 N–H and O–H groups in total. The summed E-state index contributed by atoms with van der Waals surface area (Å²) in [5, 5.41) is 3.34. The number of hydrogen-bond acceptors (Lipinski definition) is 5. The van der Waals surface area contributed by atoms with E-state index in [1.165, 1.54) is 24.0 Å². The number of rotatable bonds is 4. The molecule has 1 amide bonds. The summed E-state index contributed by atoms with van der Waals surface area (Å²) in [6, 6.07) is 3.22. The van der Waals surface area contributed by atoms with Crippen LogP contribution < -0.4 is 5.32 Å². The molecule has 0 bridgehead atoms. The number of hydrogen-bond donors (Lipinski definition) is 1. The van der Waals surface area contributed by atoms with Crippen LogP contribution in [0.1, 0.15) is 12.3 Å². The van der Waals surface area contributed by atoms with Crippen LogP contribution in [0, 0.1) is 11.6 Å². The lowest BCUT2D eigenvalue weighted by Crippen LogP contribution is -2.27. The summed E-state index contributed by atoms with van der Waals surface area (Å²) in [7, 11) is 0. The van der Waals surface area contributed by atoms with E-state index in [1.807, 2.05) is 0 Å². The lowest BCUT2D eigenvalue weighted by Gasteiger charge is -2.02. The van der Waals surface area contributed by atoms with E-state index in [0.717, 1.165) is 17.9 Å². The number of aryl methyl sites for hydroxylation is 1. The molecule has 0 spiro atoms. The van der Waals surface area contributed by atoms with E-state index >= 15 is 0 Å². The van der Waals surface area contributed by atoms with Crippen LogP contribution in [0.4, 0.5) is 8.78 Å². The monoisotopic (exact) mass is 337 g/mol. The Morgan fingerprint density at radius 1 is 1.39 bits per heavy atom. The zero-order valence-corrected chi connectivity index (χ0v) is 12.8. The molecule has 0 radical (unpaired) electrons. The van der Waals surface area contributed by atoms with Gasteiger partial charge in [-0.2, -0.15) is 0 Å². The molecule has 1 aromatic heterocycles. The second-order valence-electron chi connectivity index (χ2n) is 4.83. The average Bonchev–Trinajstić information content (AvgIpc) is 3.17. The third-order valence-electron chi connectivity index (χ3n) is 3.15. The molecule has 0 unspecified atom stereocenters. The summed E-state index contributed by atoms with van der Waals surface area (Å²) < 4.78 is 32.0. The van der Waals surface area contributed by atoms with Gasteiger partial charge in [0.2, 0.25) is 5.91 Å². The third-order valence-corrected chi connectivity index (χ3v) is 4.04. The summed E-state index contributed by atoms with van der Waals surface area (Å²) in [6.45, 7) is 0.715. The predicted octanol–water partition coefficient (Wildman–Crippen LogP) is 2.77. The van der Waals surface area contributed by atoms with E-state index in [9.17, 15) is 13.6 Å². The van der Waals surface area contributed by atoms with Crippen LogP contribution >= 0.6 is 11.8 Å². The van der Waals surface area contributed by atoms with Gasteiger partial charge in [0.15, 0.2) is 16.8 Å². The molecule has 1 aliphatic rings. The van der Waals surface area contributed by atoms with Gasteiger partial charge in [-0.3, -0.25) is 9.79 Å². The van der Waals surface area contributed by atoms with Crippen LogP contribution in [-0.2, 0) is 11.2 Å². The highest BCUT2D eigenvalue weighted by Gasteiger charge is 2.14.